The minimum absolute atomic E-state index is 0.0617. The third kappa shape index (κ3) is 5.17. The van der Waals surface area contributed by atoms with Crippen LogP contribution in [0.15, 0.2) is 85.2 Å². The van der Waals surface area contributed by atoms with E-state index in [2.05, 4.69) is 10.3 Å². The molecule has 2 heterocycles. The SMILES string of the molecule is O=C(CC(c1ccccc1)c1ccccc1)NCCc1cn2cc(C(F)(F)F)ccc2n1. The summed E-state index contributed by atoms with van der Waals surface area (Å²) in [7, 11) is 0. The number of aromatic nitrogens is 2. The number of benzene rings is 2. The second kappa shape index (κ2) is 9.26. The van der Waals surface area contributed by atoms with Gasteiger partial charge in [0.2, 0.25) is 5.91 Å². The van der Waals surface area contributed by atoms with Gasteiger partial charge in [-0.25, -0.2) is 4.98 Å². The maximum absolute atomic E-state index is 12.9. The maximum Gasteiger partial charge on any atom is 0.417 e. The Bertz CT molecular complexity index is 1150. The van der Waals surface area contributed by atoms with Gasteiger partial charge >= 0.3 is 6.18 Å². The van der Waals surface area contributed by atoms with E-state index >= 15 is 0 Å². The Hall–Kier alpha value is -3.61. The molecular formula is C25H22F3N3O. The van der Waals surface area contributed by atoms with Crippen LogP contribution in [0.25, 0.3) is 5.65 Å². The number of imidazole rings is 1. The molecule has 0 saturated carbocycles. The van der Waals surface area contributed by atoms with Crippen LogP contribution >= 0.6 is 0 Å². The van der Waals surface area contributed by atoms with Crippen molar-refractivity contribution < 1.29 is 18.0 Å². The fraction of sp³-hybridized carbons (Fsp3) is 0.200. The van der Waals surface area contributed by atoms with Crippen molar-refractivity contribution in [3.63, 3.8) is 0 Å². The Morgan fingerprint density at radius 1 is 0.906 bits per heavy atom. The molecule has 2 aromatic heterocycles. The monoisotopic (exact) mass is 437 g/mol. The summed E-state index contributed by atoms with van der Waals surface area (Å²) >= 11 is 0. The molecule has 0 radical (unpaired) electrons. The molecule has 1 N–H and O–H groups in total. The van der Waals surface area contributed by atoms with E-state index in [0.29, 0.717) is 30.7 Å². The second-order valence-electron chi connectivity index (χ2n) is 7.59. The third-order valence-electron chi connectivity index (χ3n) is 5.32. The van der Waals surface area contributed by atoms with Crippen LogP contribution in [0.3, 0.4) is 0 Å². The van der Waals surface area contributed by atoms with E-state index in [1.807, 2.05) is 60.7 Å². The number of carbonyl (C=O) groups is 1. The second-order valence-corrected chi connectivity index (χ2v) is 7.59. The van der Waals surface area contributed by atoms with Gasteiger partial charge in [0.25, 0.3) is 0 Å². The van der Waals surface area contributed by atoms with Crippen molar-refractivity contribution in [2.75, 3.05) is 6.54 Å². The summed E-state index contributed by atoms with van der Waals surface area (Å²) < 4.78 is 40.0. The van der Waals surface area contributed by atoms with E-state index in [-0.39, 0.29) is 11.8 Å². The van der Waals surface area contributed by atoms with Crippen LogP contribution in [0.5, 0.6) is 0 Å². The average Bonchev–Trinajstić information content (AvgIpc) is 3.20. The molecule has 4 aromatic rings. The van der Waals surface area contributed by atoms with Gasteiger partial charge in [-0.15, -0.1) is 0 Å². The lowest BCUT2D eigenvalue weighted by Gasteiger charge is -2.17. The van der Waals surface area contributed by atoms with Crippen LogP contribution in [0.4, 0.5) is 13.2 Å². The third-order valence-corrected chi connectivity index (χ3v) is 5.32. The average molecular weight is 437 g/mol. The number of amides is 1. The summed E-state index contributed by atoms with van der Waals surface area (Å²) in [5.41, 5.74) is 2.46. The largest absolute Gasteiger partial charge is 0.417 e. The highest BCUT2D eigenvalue weighted by molar-refractivity contribution is 5.77. The van der Waals surface area contributed by atoms with E-state index in [1.54, 1.807) is 6.20 Å². The highest BCUT2D eigenvalue weighted by Crippen LogP contribution is 2.29. The maximum atomic E-state index is 12.9. The Balaban J connectivity index is 1.39. The molecule has 0 fully saturated rings. The molecule has 7 heteroatoms. The molecule has 164 valence electrons. The lowest BCUT2D eigenvalue weighted by molar-refractivity contribution is -0.137. The first kappa shape index (κ1) is 21.6. The molecule has 4 nitrogen and oxygen atoms in total. The normalized spacial score (nSPS) is 11.8. The molecule has 0 atom stereocenters. The number of fused-ring (bicyclic) bond motifs is 1. The molecule has 1 amide bonds. The van der Waals surface area contributed by atoms with Crippen LogP contribution in [0.2, 0.25) is 0 Å². The van der Waals surface area contributed by atoms with Gasteiger partial charge in [0.05, 0.1) is 11.3 Å². The van der Waals surface area contributed by atoms with Gasteiger partial charge in [-0.05, 0) is 23.3 Å². The summed E-state index contributed by atoms with van der Waals surface area (Å²) in [5.74, 6) is -0.154. The van der Waals surface area contributed by atoms with Crippen molar-refractivity contribution in [2.45, 2.75) is 24.9 Å². The van der Waals surface area contributed by atoms with Gasteiger partial charge in [0.1, 0.15) is 5.65 Å². The van der Waals surface area contributed by atoms with Crippen molar-refractivity contribution in [3.05, 3.63) is 108 Å². The molecule has 0 aliphatic rings. The van der Waals surface area contributed by atoms with Crippen LogP contribution in [-0.2, 0) is 17.4 Å². The van der Waals surface area contributed by atoms with Gasteiger partial charge in [0.15, 0.2) is 0 Å². The van der Waals surface area contributed by atoms with E-state index in [4.69, 9.17) is 0 Å². The van der Waals surface area contributed by atoms with Crippen molar-refractivity contribution in [1.29, 1.82) is 0 Å². The molecule has 0 spiro atoms. The Morgan fingerprint density at radius 2 is 1.53 bits per heavy atom. The zero-order valence-electron chi connectivity index (χ0n) is 17.2. The fourth-order valence-corrected chi connectivity index (χ4v) is 3.72. The van der Waals surface area contributed by atoms with Crippen LogP contribution < -0.4 is 5.32 Å². The first-order valence-electron chi connectivity index (χ1n) is 10.3. The van der Waals surface area contributed by atoms with Gasteiger partial charge in [-0.2, -0.15) is 13.2 Å². The van der Waals surface area contributed by atoms with Crippen LogP contribution in [0, 0.1) is 0 Å². The number of pyridine rings is 1. The number of nitrogens with zero attached hydrogens (tertiary/aromatic N) is 2. The predicted octanol–water partition coefficient (Wildman–Crippen LogP) is 5.23. The summed E-state index contributed by atoms with van der Waals surface area (Å²) in [4.78, 5) is 17.0. The molecule has 0 aliphatic heterocycles. The zero-order valence-corrected chi connectivity index (χ0v) is 17.2. The highest BCUT2D eigenvalue weighted by Gasteiger charge is 2.30. The Labute approximate surface area is 183 Å². The summed E-state index contributed by atoms with van der Waals surface area (Å²) in [6.07, 6.45) is -1.09. The van der Waals surface area contributed by atoms with Crippen molar-refractivity contribution >= 4 is 11.6 Å². The number of carbonyl (C=O) groups excluding carboxylic acids is 1. The van der Waals surface area contributed by atoms with Crippen molar-refractivity contribution in [2.24, 2.45) is 0 Å². The standard InChI is InChI=1S/C25H22F3N3O/c26-25(27,28)20-11-12-23-30-21(17-31(23)16-20)13-14-29-24(32)15-22(18-7-3-1-4-8-18)19-9-5-2-6-10-19/h1-12,16-17,22H,13-15H2,(H,29,32). The first-order chi connectivity index (χ1) is 15.4. The number of rotatable bonds is 7. The number of halogens is 3. The lowest BCUT2D eigenvalue weighted by Crippen LogP contribution is -2.27. The van der Waals surface area contributed by atoms with Crippen molar-refractivity contribution in [3.8, 4) is 0 Å². The number of hydrogen-bond donors (Lipinski definition) is 1. The highest BCUT2D eigenvalue weighted by atomic mass is 19.4. The summed E-state index contributed by atoms with van der Waals surface area (Å²) in [6.45, 7) is 0.352. The molecule has 0 unspecified atom stereocenters. The van der Waals surface area contributed by atoms with E-state index < -0.39 is 11.7 Å². The smallest absolute Gasteiger partial charge is 0.356 e. The molecular weight excluding hydrogens is 415 g/mol. The minimum atomic E-state index is -4.40. The zero-order chi connectivity index (χ0) is 22.6. The summed E-state index contributed by atoms with van der Waals surface area (Å²) in [5, 5.41) is 2.91. The Morgan fingerprint density at radius 3 is 2.12 bits per heavy atom. The fourth-order valence-electron chi connectivity index (χ4n) is 3.72. The van der Waals surface area contributed by atoms with Gasteiger partial charge in [0, 0.05) is 37.7 Å². The molecule has 32 heavy (non-hydrogen) atoms. The molecule has 2 aromatic carbocycles. The topological polar surface area (TPSA) is 46.4 Å². The van der Waals surface area contributed by atoms with E-state index in [9.17, 15) is 18.0 Å². The summed E-state index contributed by atoms with van der Waals surface area (Å²) in [6, 6.07) is 22.1. The lowest BCUT2D eigenvalue weighted by atomic mass is 9.88. The number of alkyl halides is 3. The van der Waals surface area contributed by atoms with Crippen LogP contribution in [-0.4, -0.2) is 21.8 Å². The van der Waals surface area contributed by atoms with Gasteiger partial charge in [-0.3, -0.25) is 4.79 Å². The first-order valence-corrected chi connectivity index (χ1v) is 10.3. The molecule has 0 saturated heterocycles. The van der Waals surface area contributed by atoms with E-state index in [1.165, 1.54) is 10.5 Å². The molecule has 0 bridgehead atoms. The molecule has 4 rings (SSSR count). The van der Waals surface area contributed by atoms with Gasteiger partial charge < -0.3 is 9.72 Å². The number of hydrogen-bond acceptors (Lipinski definition) is 2. The minimum Gasteiger partial charge on any atom is -0.356 e. The van der Waals surface area contributed by atoms with E-state index in [0.717, 1.165) is 23.4 Å². The van der Waals surface area contributed by atoms with Crippen molar-refractivity contribution in [1.82, 2.24) is 14.7 Å². The quantitative estimate of drug-likeness (QED) is 0.430. The molecule has 0 aliphatic carbocycles. The predicted molar refractivity (Wildman–Crippen MR) is 116 cm³/mol. The van der Waals surface area contributed by atoms with Crippen LogP contribution in [0.1, 0.15) is 34.7 Å². The number of nitrogens with one attached hydrogen (secondary N) is 1. The van der Waals surface area contributed by atoms with Gasteiger partial charge in [-0.1, -0.05) is 60.7 Å². The Kier molecular flexibility index (Phi) is 6.25.